The Labute approximate surface area is 82.3 Å². The summed E-state index contributed by atoms with van der Waals surface area (Å²) in [5.74, 6) is 2.05. The van der Waals surface area contributed by atoms with Gasteiger partial charge < -0.3 is 5.32 Å². The Balaban J connectivity index is 1.88. The smallest absolute Gasteiger partial charge is 0.00696 e. The van der Waals surface area contributed by atoms with Gasteiger partial charge in [-0.3, -0.25) is 0 Å². The fourth-order valence-electron chi connectivity index (χ4n) is 3.28. The first kappa shape index (κ1) is 9.51. The van der Waals surface area contributed by atoms with E-state index < -0.39 is 0 Å². The molecule has 1 nitrogen and oxygen atoms in total. The predicted octanol–water partition coefficient (Wildman–Crippen LogP) is 2.95. The van der Waals surface area contributed by atoms with Gasteiger partial charge in [0.2, 0.25) is 0 Å². The van der Waals surface area contributed by atoms with Crippen molar-refractivity contribution in [3.8, 4) is 0 Å². The van der Waals surface area contributed by atoms with Crippen LogP contribution in [0.15, 0.2) is 0 Å². The zero-order valence-electron chi connectivity index (χ0n) is 8.89. The molecule has 1 heteroatoms. The van der Waals surface area contributed by atoms with Gasteiger partial charge in [-0.1, -0.05) is 32.1 Å². The van der Waals surface area contributed by atoms with Gasteiger partial charge in [-0.05, 0) is 38.1 Å². The molecule has 2 aliphatic rings. The molecule has 0 amide bonds. The summed E-state index contributed by atoms with van der Waals surface area (Å²) in [6.07, 6.45) is 10.4. The molecule has 76 valence electrons. The van der Waals surface area contributed by atoms with Gasteiger partial charge in [-0.15, -0.1) is 0 Å². The Kier molecular flexibility index (Phi) is 3.26. The van der Waals surface area contributed by atoms with Gasteiger partial charge in [0, 0.05) is 6.04 Å². The van der Waals surface area contributed by atoms with Crippen LogP contribution in [0.2, 0.25) is 0 Å². The van der Waals surface area contributed by atoms with Gasteiger partial charge >= 0.3 is 0 Å². The molecule has 2 unspecified atom stereocenters. The molecule has 0 bridgehead atoms. The molecule has 0 aromatic carbocycles. The highest BCUT2D eigenvalue weighted by atomic mass is 14.9. The van der Waals surface area contributed by atoms with Gasteiger partial charge in [-0.2, -0.15) is 0 Å². The van der Waals surface area contributed by atoms with Crippen molar-refractivity contribution in [3.63, 3.8) is 0 Å². The van der Waals surface area contributed by atoms with E-state index in [1.165, 1.54) is 51.5 Å². The lowest BCUT2D eigenvalue weighted by Gasteiger charge is -2.38. The van der Waals surface area contributed by atoms with Crippen LogP contribution in [0.25, 0.3) is 0 Å². The van der Waals surface area contributed by atoms with Crippen LogP contribution in [-0.2, 0) is 0 Å². The highest BCUT2D eigenvalue weighted by Gasteiger charge is 2.29. The Morgan fingerprint density at radius 2 is 1.69 bits per heavy atom. The van der Waals surface area contributed by atoms with E-state index >= 15 is 0 Å². The zero-order chi connectivity index (χ0) is 9.10. The van der Waals surface area contributed by atoms with Crippen molar-refractivity contribution >= 4 is 0 Å². The fourth-order valence-corrected chi connectivity index (χ4v) is 3.28. The molecule has 1 aliphatic heterocycles. The molecule has 13 heavy (non-hydrogen) atoms. The summed E-state index contributed by atoms with van der Waals surface area (Å²) in [7, 11) is 0. The van der Waals surface area contributed by atoms with Gasteiger partial charge in [-0.25, -0.2) is 0 Å². The molecule has 0 aromatic rings. The number of hydrogen-bond acceptors (Lipinski definition) is 1. The molecule has 1 saturated carbocycles. The van der Waals surface area contributed by atoms with Gasteiger partial charge in [0.25, 0.3) is 0 Å². The lowest BCUT2D eigenvalue weighted by atomic mass is 9.74. The Morgan fingerprint density at radius 1 is 0.923 bits per heavy atom. The Hall–Kier alpha value is -0.0400. The normalized spacial score (nSPS) is 37.6. The highest BCUT2D eigenvalue weighted by Crippen LogP contribution is 2.35. The molecule has 2 atom stereocenters. The quantitative estimate of drug-likeness (QED) is 0.656. The summed E-state index contributed by atoms with van der Waals surface area (Å²) < 4.78 is 0. The van der Waals surface area contributed by atoms with Crippen LogP contribution in [-0.4, -0.2) is 12.6 Å². The van der Waals surface area contributed by atoms with Crippen molar-refractivity contribution in [2.24, 2.45) is 11.8 Å². The van der Waals surface area contributed by atoms with Crippen LogP contribution in [0.1, 0.15) is 51.9 Å². The second kappa shape index (κ2) is 4.45. The van der Waals surface area contributed by atoms with Crippen LogP contribution in [0.4, 0.5) is 0 Å². The third-order valence-corrected chi connectivity index (χ3v) is 4.08. The minimum absolute atomic E-state index is 0.789. The van der Waals surface area contributed by atoms with Crippen molar-refractivity contribution in [3.05, 3.63) is 0 Å². The summed E-state index contributed by atoms with van der Waals surface area (Å²) in [4.78, 5) is 0. The summed E-state index contributed by atoms with van der Waals surface area (Å²) >= 11 is 0. The molecule has 0 spiro atoms. The molecule has 2 fully saturated rings. The summed E-state index contributed by atoms with van der Waals surface area (Å²) in [6.45, 7) is 3.64. The molecule has 1 N–H and O–H groups in total. The Bertz CT molecular complexity index is 149. The first-order valence-electron chi connectivity index (χ1n) is 6.11. The van der Waals surface area contributed by atoms with Gasteiger partial charge in [0.05, 0.1) is 0 Å². The van der Waals surface area contributed by atoms with Crippen molar-refractivity contribution in [2.75, 3.05) is 6.54 Å². The third-order valence-electron chi connectivity index (χ3n) is 4.08. The topological polar surface area (TPSA) is 12.0 Å². The molecule has 1 saturated heterocycles. The lowest BCUT2D eigenvalue weighted by molar-refractivity contribution is 0.166. The minimum atomic E-state index is 0.789. The SMILES string of the molecule is CC1NCCCC1C1CCCCC1. The van der Waals surface area contributed by atoms with Gasteiger partial charge in [0.1, 0.15) is 0 Å². The van der Waals surface area contributed by atoms with Crippen LogP contribution >= 0.6 is 0 Å². The average Bonchev–Trinajstić information content (AvgIpc) is 2.20. The second-order valence-corrected chi connectivity index (χ2v) is 4.95. The van der Waals surface area contributed by atoms with Crippen molar-refractivity contribution in [2.45, 2.75) is 57.9 Å². The fraction of sp³-hybridized carbons (Fsp3) is 1.00. The number of rotatable bonds is 1. The molecule has 0 radical (unpaired) electrons. The van der Waals surface area contributed by atoms with E-state index in [4.69, 9.17) is 0 Å². The van der Waals surface area contributed by atoms with Crippen LogP contribution in [0.3, 0.4) is 0 Å². The van der Waals surface area contributed by atoms with E-state index in [1.54, 1.807) is 0 Å². The Morgan fingerprint density at radius 3 is 2.38 bits per heavy atom. The zero-order valence-corrected chi connectivity index (χ0v) is 8.89. The monoisotopic (exact) mass is 181 g/mol. The molecule has 1 aliphatic carbocycles. The number of nitrogens with one attached hydrogen (secondary N) is 1. The predicted molar refractivity (Wildman–Crippen MR) is 56.8 cm³/mol. The van der Waals surface area contributed by atoms with Crippen LogP contribution < -0.4 is 5.32 Å². The second-order valence-electron chi connectivity index (χ2n) is 4.95. The van der Waals surface area contributed by atoms with Gasteiger partial charge in [0.15, 0.2) is 0 Å². The maximum Gasteiger partial charge on any atom is 0.00696 e. The number of hydrogen-bond donors (Lipinski definition) is 1. The van der Waals surface area contributed by atoms with Crippen LogP contribution in [0, 0.1) is 11.8 Å². The minimum Gasteiger partial charge on any atom is -0.314 e. The third kappa shape index (κ3) is 2.25. The summed E-state index contributed by atoms with van der Waals surface area (Å²) in [6, 6.07) is 0.789. The van der Waals surface area contributed by atoms with Crippen molar-refractivity contribution in [1.29, 1.82) is 0 Å². The van der Waals surface area contributed by atoms with Crippen LogP contribution in [0.5, 0.6) is 0 Å². The molecular weight excluding hydrogens is 158 g/mol. The average molecular weight is 181 g/mol. The van der Waals surface area contributed by atoms with E-state index in [0.717, 1.165) is 17.9 Å². The van der Waals surface area contributed by atoms with E-state index in [9.17, 15) is 0 Å². The molecule has 0 aromatic heterocycles. The molecule has 2 rings (SSSR count). The highest BCUT2D eigenvalue weighted by molar-refractivity contribution is 4.84. The lowest BCUT2D eigenvalue weighted by Crippen LogP contribution is -2.42. The summed E-state index contributed by atoms with van der Waals surface area (Å²) in [5, 5.41) is 3.63. The van der Waals surface area contributed by atoms with Crippen molar-refractivity contribution in [1.82, 2.24) is 5.32 Å². The van der Waals surface area contributed by atoms with Crippen molar-refractivity contribution < 1.29 is 0 Å². The van der Waals surface area contributed by atoms with E-state index in [2.05, 4.69) is 12.2 Å². The first-order valence-corrected chi connectivity index (χ1v) is 6.11. The largest absolute Gasteiger partial charge is 0.314 e. The van der Waals surface area contributed by atoms with E-state index in [1.807, 2.05) is 0 Å². The number of piperidine rings is 1. The maximum absolute atomic E-state index is 3.63. The van der Waals surface area contributed by atoms with E-state index in [-0.39, 0.29) is 0 Å². The maximum atomic E-state index is 3.63. The first-order chi connectivity index (χ1) is 6.38. The summed E-state index contributed by atoms with van der Waals surface area (Å²) in [5.41, 5.74) is 0. The standard InChI is InChI=1S/C12H23N/c1-10-12(8-5-9-13-10)11-6-3-2-4-7-11/h10-13H,2-9H2,1H3. The van der Waals surface area contributed by atoms with E-state index in [0.29, 0.717) is 0 Å². The molecule has 1 heterocycles. The molecular formula is C12H23N.